The van der Waals surface area contributed by atoms with Gasteiger partial charge in [-0.3, -0.25) is 4.79 Å². The Morgan fingerprint density at radius 3 is 2.00 bits per heavy atom. The number of rotatable bonds is 10. The Balaban J connectivity index is 5.49. The number of alkyl halides is 7. The molecular formula is C12H13F7NO7S-. The van der Waals surface area contributed by atoms with Crippen LogP contribution in [-0.4, -0.2) is 61.6 Å². The van der Waals surface area contributed by atoms with Crippen molar-refractivity contribution in [3.8, 4) is 0 Å². The van der Waals surface area contributed by atoms with Crippen molar-refractivity contribution in [2.24, 2.45) is 0 Å². The van der Waals surface area contributed by atoms with Gasteiger partial charge >= 0.3 is 35.0 Å². The van der Waals surface area contributed by atoms with Crippen LogP contribution in [0, 0.1) is 0 Å². The summed E-state index contributed by atoms with van der Waals surface area (Å²) in [5, 5.41) is -4.59. The lowest BCUT2D eigenvalue weighted by molar-refractivity contribution is -0.347. The molecule has 0 aromatic carbocycles. The Bertz CT molecular complexity index is 708. The summed E-state index contributed by atoms with van der Waals surface area (Å²) in [4.78, 5) is 22.7. The zero-order valence-corrected chi connectivity index (χ0v) is 14.6. The highest BCUT2D eigenvalue weighted by atomic mass is 32.2. The first-order valence-corrected chi connectivity index (χ1v) is 8.30. The summed E-state index contributed by atoms with van der Waals surface area (Å²) in [7, 11) is -6.10. The van der Waals surface area contributed by atoms with Crippen molar-refractivity contribution in [1.29, 1.82) is 0 Å². The van der Waals surface area contributed by atoms with Gasteiger partial charge in [0.15, 0.2) is 10.1 Å². The molecule has 16 heteroatoms. The number of ether oxygens (including phenoxy) is 2. The average molecular weight is 448 g/mol. The quantitative estimate of drug-likeness (QED) is 0.133. The third-order valence-corrected chi connectivity index (χ3v) is 3.92. The van der Waals surface area contributed by atoms with E-state index in [4.69, 9.17) is 0 Å². The number of carbonyl (C=O) groups is 2. The van der Waals surface area contributed by atoms with Gasteiger partial charge < -0.3 is 19.3 Å². The summed E-state index contributed by atoms with van der Waals surface area (Å²) in [5.41, 5.74) is 0. The summed E-state index contributed by atoms with van der Waals surface area (Å²) in [6.07, 6.45) is -9.02. The molecule has 0 saturated carbocycles. The first-order chi connectivity index (χ1) is 12.4. The van der Waals surface area contributed by atoms with E-state index < -0.39 is 64.6 Å². The van der Waals surface area contributed by atoms with Crippen LogP contribution in [0.25, 0.3) is 0 Å². The molecule has 1 amide bonds. The summed E-state index contributed by atoms with van der Waals surface area (Å²) in [6.45, 7) is 1.27. The second kappa shape index (κ2) is 8.60. The van der Waals surface area contributed by atoms with Crippen molar-refractivity contribution in [1.82, 2.24) is 5.32 Å². The van der Waals surface area contributed by atoms with Gasteiger partial charge in [0.05, 0.1) is 6.61 Å². The van der Waals surface area contributed by atoms with E-state index in [0.29, 0.717) is 7.05 Å². The molecule has 1 N–H and O–H groups in total. The number of amides is 1. The molecule has 164 valence electrons. The lowest BCUT2D eigenvalue weighted by Crippen LogP contribution is -2.61. The van der Waals surface area contributed by atoms with Crippen LogP contribution in [-0.2, 0) is 29.2 Å². The fourth-order valence-corrected chi connectivity index (χ4v) is 2.06. The normalized spacial score (nSPS) is 15.5. The molecule has 0 aliphatic heterocycles. The van der Waals surface area contributed by atoms with Gasteiger partial charge in [-0.05, 0) is 6.42 Å². The Hall–Kier alpha value is -1.94. The predicted molar refractivity (Wildman–Crippen MR) is 73.9 cm³/mol. The van der Waals surface area contributed by atoms with Crippen LogP contribution in [0.5, 0.6) is 0 Å². The summed E-state index contributed by atoms with van der Waals surface area (Å²) >= 11 is 0. The molecule has 0 heterocycles. The van der Waals surface area contributed by atoms with Crippen LogP contribution in [0.15, 0.2) is 12.7 Å². The molecule has 0 aromatic heterocycles. The minimum atomic E-state index is -6.78. The molecule has 28 heavy (non-hydrogen) atoms. The van der Waals surface area contributed by atoms with Crippen molar-refractivity contribution >= 4 is 22.0 Å². The van der Waals surface area contributed by atoms with E-state index in [-0.39, 0.29) is 6.08 Å². The van der Waals surface area contributed by atoms with Gasteiger partial charge in [-0.1, -0.05) is 6.58 Å². The van der Waals surface area contributed by atoms with Crippen LogP contribution < -0.4 is 5.32 Å². The molecule has 0 rings (SSSR count). The third-order valence-electron chi connectivity index (χ3n) is 2.99. The number of esters is 1. The van der Waals surface area contributed by atoms with Crippen LogP contribution in [0.4, 0.5) is 30.7 Å². The Labute approximate surface area is 153 Å². The number of hydrogen-bond donors (Lipinski definition) is 1. The average Bonchev–Trinajstić information content (AvgIpc) is 2.54. The fourth-order valence-electron chi connectivity index (χ4n) is 1.60. The number of nitrogens with one attached hydrogen (secondary N) is 1. The Morgan fingerprint density at radius 2 is 1.64 bits per heavy atom. The molecule has 8 nitrogen and oxygen atoms in total. The molecule has 0 aromatic rings. The van der Waals surface area contributed by atoms with Crippen molar-refractivity contribution in [2.45, 2.75) is 36.0 Å². The third kappa shape index (κ3) is 5.32. The highest BCUT2D eigenvalue weighted by Crippen LogP contribution is 2.42. The van der Waals surface area contributed by atoms with Crippen LogP contribution in [0.2, 0.25) is 0 Å². The largest absolute Gasteiger partial charge is 0.743 e. The van der Waals surface area contributed by atoms with Crippen LogP contribution in [0.1, 0.15) is 12.8 Å². The molecule has 0 saturated heterocycles. The Kier molecular flexibility index (Phi) is 8.01. The smallest absolute Gasteiger partial charge is 0.466 e. The predicted octanol–water partition coefficient (Wildman–Crippen LogP) is 1.29. The summed E-state index contributed by atoms with van der Waals surface area (Å²) in [5.74, 6) is -13.7. The highest BCUT2D eigenvalue weighted by Gasteiger charge is 2.66. The zero-order chi connectivity index (χ0) is 22.6. The van der Waals surface area contributed by atoms with Gasteiger partial charge in [0.1, 0.15) is 0 Å². The molecule has 0 radical (unpaired) electrons. The van der Waals surface area contributed by atoms with Crippen molar-refractivity contribution in [3.63, 3.8) is 0 Å². The van der Waals surface area contributed by atoms with E-state index in [1.807, 2.05) is 0 Å². The second-order valence-corrected chi connectivity index (χ2v) is 6.37. The monoisotopic (exact) mass is 448 g/mol. The van der Waals surface area contributed by atoms with E-state index in [2.05, 4.69) is 16.1 Å². The molecule has 1 unspecified atom stereocenters. The zero-order valence-electron chi connectivity index (χ0n) is 13.8. The van der Waals surface area contributed by atoms with Crippen LogP contribution >= 0.6 is 0 Å². The van der Waals surface area contributed by atoms with Gasteiger partial charge in [0.25, 0.3) is 0 Å². The lowest BCUT2D eigenvalue weighted by atomic mass is 10.2. The minimum absolute atomic E-state index is 0.223. The SMILES string of the molecule is C=CC(=O)OC(OCCCC(F)(F)C(F)(F)S(=O)(=O)[O-])(C(=O)NC)C(F)(F)F. The Morgan fingerprint density at radius 1 is 1.14 bits per heavy atom. The van der Waals surface area contributed by atoms with E-state index in [1.54, 1.807) is 0 Å². The summed E-state index contributed by atoms with van der Waals surface area (Å²) < 4.78 is 131. The maximum Gasteiger partial charge on any atom is 0.466 e. The number of hydrogen-bond acceptors (Lipinski definition) is 7. The molecular weight excluding hydrogens is 435 g/mol. The van der Waals surface area contributed by atoms with E-state index in [1.165, 1.54) is 5.32 Å². The topological polar surface area (TPSA) is 122 Å². The second-order valence-electron chi connectivity index (χ2n) is 4.95. The first kappa shape index (κ1) is 26.1. The minimum Gasteiger partial charge on any atom is -0.743 e. The standard InChI is InChI=1S/C12H14F7NO7S/c1-3-7(21)27-10(8(22)20-2,11(15,16)17)26-6-4-5-9(13,14)12(18,19)28(23,24)25/h3H,1,4-6H2,2H3,(H,20,22)(H,23,24,25)/p-1. The maximum absolute atomic E-state index is 13.3. The van der Waals surface area contributed by atoms with Gasteiger partial charge in [-0.15, -0.1) is 0 Å². The number of halogens is 7. The maximum atomic E-state index is 13.3. The van der Waals surface area contributed by atoms with E-state index in [0.717, 1.165) is 0 Å². The van der Waals surface area contributed by atoms with Crippen molar-refractivity contribution < 1.29 is 62.8 Å². The number of carbonyl (C=O) groups excluding carboxylic acids is 2. The molecule has 0 fully saturated rings. The highest BCUT2D eigenvalue weighted by molar-refractivity contribution is 7.86. The van der Waals surface area contributed by atoms with Crippen LogP contribution in [0.3, 0.4) is 0 Å². The van der Waals surface area contributed by atoms with E-state index >= 15 is 0 Å². The molecule has 1 atom stereocenters. The summed E-state index contributed by atoms with van der Waals surface area (Å²) in [6, 6.07) is 0. The van der Waals surface area contributed by atoms with Gasteiger partial charge in [-0.2, -0.15) is 30.7 Å². The first-order valence-electron chi connectivity index (χ1n) is 6.89. The molecule has 0 aliphatic carbocycles. The van der Waals surface area contributed by atoms with Gasteiger partial charge in [0, 0.05) is 19.5 Å². The van der Waals surface area contributed by atoms with E-state index in [9.17, 15) is 53.3 Å². The van der Waals surface area contributed by atoms with Crippen molar-refractivity contribution in [2.75, 3.05) is 13.7 Å². The number of likely N-dealkylation sites (N-methyl/N-ethyl adjacent to an activating group) is 1. The van der Waals surface area contributed by atoms with Gasteiger partial charge in [-0.25, -0.2) is 13.2 Å². The van der Waals surface area contributed by atoms with Gasteiger partial charge in [0.2, 0.25) is 0 Å². The fraction of sp³-hybridized carbons (Fsp3) is 0.667. The lowest BCUT2D eigenvalue weighted by Gasteiger charge is -2.33. The molecule has 0 spiro atoms. The van der Waals surface area contributed by atoms with Crippen molar-refractivity contribution in [3.05, 3.63) is 12.7 Å². The molecule has 0 bridgehead atoms. The molecule has 0 aliphatic rings.